The van der Waals surface area contributed by atoms with Crippen LogP contribution >= 0.6 is 11.6 Å². The van der Waals surface area contributed by atoms with Gasteiger partial charge < -0.3 is 15.0 Å². The number of carbonyl (C=O) groups excluding carboxylic acids is 2. The number of hydrogen-bond donors (Lipinski definition) is 1. The summed E-state index contributed by atoms with van der Waals surface area (Å²) < 4.78 is 4.90. The van der Waals surface area contributed by atoms with Gasteiger partial charge in [0.1, 0.15) is 0 Å². The predicted octanol–water partition coefficient (Wildman–Crippen LogP) is 1.88. The second kappa shape index (κ2) is 10.2. The van der Waals surface area contributed by atoms with E-state index >= 15 is 0 Å². The van der Waals surface area contributed by atoms with Gasteiger partial charge in [-0.15, -0.1) is 0 Å². The summed E-state index contributed by atoms with van der Waals surface area (Å²) in [6.45, 7) is 1.22. The molecule has 122 valence electrons. The highest BCUT2D eigenvalue weighted by atomic mass is 35.5. The Bertz CT molecular complexity index is 494. The van der Waals surface area contributed by atoms with E-state index in [-0.39, 0.29) is 18.4 Å². The fourth-order valence-electron chi connectivity index (χ4n) is 1.94. The lowest BCUT2D eigenvalue weighted by atomic mass is 10.1. The minimum atomic E-state index is -0.162. The van der Waals surface area contributed by atoms with Crippen molar-refractivity contribution in [3.63, 3.8) is 0 Å². The monoisotopic (exact) mass is 326 g/mol. The van der Waals surface area contributed by atoms with E-state index in [1.165, 1.54) is 4.90 Å². The quantitative estimate of drug-likeness (QED) is 0.705. The lowest BCUT2D eigenvalue weighted by molar-refractivity contribution is -0.134. The SMILES string of the molecule is COCCCNC(=O)CN(C)C(=O)CCc1ccccc1Cl. The topological polar surface area (TPSA) is 58.6 Å². The fourth-order valence-corrected chi connectivity index (χ4v) is 2.17. The van der Waals surface area contributed by atoms with Crippen molar-refractivity contribution in [3.8, 4) is 0 Å². The lowest BCUT2D eigenvalue weighted by Crippen LogP contribution is -2.38. The van der Waals surface area contributed by atoms with Gasteiger partial charge in [0.15, 0.2) is 0 Å². The van der Waals surface area contributed by atoms with E-state index < -0.39 is 0 Å². The Morgan fingerprint density at radius 2 is 2.05 bits per heavy atom. The molecule has 6 heteroatoms. The standard InChI is InChI=1S/C16H23ClN2O3/c1-19(12-15(20)18-10-5-11-22-2)16(21)9-8-13-6-3-4-7-14(13)17/h3-4,6-7H,5,8-12H2,1-2H3,(H,18,20). The van der Waals surface area contributed by atoms with Crippen LogP contribution in [0.3, 0.4) is 0 Å². The Labute approximate surface area is 136 Å². The highest BCUT2D eigenvalue weighted by Crippen LogP contribution is 2.16. The molecule has 1 N–H and O–H groups in total. The summed E-state index contributed by atoms with van der Waals surface area (Å²) in [5.74, 6) is -0.239. The van der Waals surface area contributed by atoms with Gasteiger partial charge in [-0.3, -0.25) is 9.59 Å². The molecule has 0 fully saturated rings. The van der Waals surface area contributed by atoms with Crippen LogP contribution in [-0.4, -0.2) is 50.6 Å². The third kappa shape index (κ3) is 6.91. The summed E-state index contributed by atoms with van der Waals surface area (Å²) in [5, 5.41) is 3.41. The molecule has 1 aromatic rings. The smallest absolute Gasteiger partial charge is 0.239 e. The first-order chi connectivity index (χ1) is 10.5. The Balaban J connectivity index is 2.30. The number of nitrogens with zero attached hydrogens (tertiary/aromatic N) is 1. The highest BCUT2D eigenvalue weighted by Gasteiger charge is 2.13. The molecule has 0 aliphatic heterocycles. The number of ether oxygens (including phenoxy) is 1. The maximum absolute atomic E-state index is 12.0. The van der Waals surface area contributed by atoms with Crippen LogP contribution in [-0.2, 0) is 20.7 Å². The van der Waals surface area contributed by atoms with Crippen molar-refractivity contribution in [2.24, 2.45) is 0 Å². The fraction of sp³-hybridized carbons (Fsp3) is 0.500. The van der Waals surface area contributed by atoms with E-state index in [0.29, 0.717) is 31.0 Å². The van der Waals surface area contributed by atoms with Crippen molar-refractivity contribution >= 4 is 23.4 Å². The van der Waals surface area contributed by atoms with Crippen molar-refractivity contribution < 1.29 is 14.3 Å². The molecule has 0 saturated heterocycles. The summed E-state index contributed by atoms with van der Waals surface area (Å²) in [4.78, 5) is 25.1. The molecular weight excluding hydrogens is 304 g/mol. The van der Waals surface area contributed by atoms with Crippen LogP contribution in [0.4, 0.5) is 0 Å². The molecule has 1 aromatic carbocycles. The second-order valence-corrected chi connectivity index (χ2v) is 5.44. The normalized spacial score (nSPS) is 10.3. The van der Waals surface area contributed by atoms with Gasteiger partial charge in [-0.1, -0.05) is 29.8 Å². The molecule has 0 aliphatic carbocycles. The average molecular weight is 327 g/mol. The maximum Gasteiger partial charge on any atom is 0.239 e. The van der Waals surface area contributed by atoms with Gasteiger partial charge in [-0.25, -0.2) is 0 Å². The Hall–Kier alpha value is -1.59. The number of methoxy groups -OCH3 is 1. The summed E-state index contributed by atoms with van der Waals surface area (Å²) in [5.41, 5.74) is 0.940. The maximum atomic E-state index is 12.0. The van der Waals surface area contributed by atoms with Gasteiger partial charge in [-0.2, -0.15) is 0 Å². The Kier molecular flexibility index (Phi) is 8.55. The third-order valence-electron chi connectivity index (χ3n) is 3.22. The largest absolute Gasteiger partial charge is 0.385 e. The Morgan fingerprint density at radius 3 is 2.73 bits per heavy atom. The Morgan fingerprint density at radius 1 is 1.32 bits per heavy atom. The molecule has 22 heavy (non-hydrogen) atoms. The van der Waals surface area contributed by atoms with Crippen molar-refractivity contribution in [1.82, 2.24) is 10.2 Å². The minimum absolute atomic E-state index is 0.0638. The second-order valence-electron chi connectivity index (χ2n) is 5.04. The molecule has 0 bridgehead atoms. The van der Waals surface area contributed by atoms with Crippen LogP contribution in [0, 0.1) is 0 Å². The molecule has 0 radical (unpaired) electrons. The van der Waals surface area contributed by atoms with Gasteiger partial charge >= 0.3 is 0 Å². The number of halogens is 1. The number of nitrogens with one attached hydrogen (secondary N) is 1. The summed E-state index contributed by atoms with van der Waals surface area (Å²) >= 11 is 6.06. The van der Waals surface area contributed by atoms with Crippen LogP contribution in [0.25, 0.3) is 0 Å². The van der Waals surface area contributed by atoms with Gasteiger partial charge in [0, 0.05) is 38.8 Å². The van der Waals surface area contributed by atoms with E-state index in [4.69, 9.17) is 16.3 Å². The zero-order valence-electron chi connectivity index (χ0n) is 13.1. The van der Waals surface area contributed by atoms with Crippen molar-refractivity contribution in [1.29, 1.82) is 0 Å². The van der Waals surface area contributed by atoms with Crippen molar-refractivity contribution in [3.05, 3.63) is 34.9 Å². The van der Waals surface area contributed by atoms with Gasteiger partial charge in [-0.05, 0) is 24.5 Å². The molecule has 0 atom stereocenters. The summed E-state index contributed by atoms with van der Waals surface area (Å²) in [6.07, 6.45) is 1.65. The van der Waals surface area contributed by atoms with Crippen LogP contribution in [0.15, 0.2) is 24.3 Å². The van der Waals surface area contributed by atoms with Crippen molar-refractivity contribution in [2.45, 2.75) is 19.3 Å². The molecular formula is C16H23ClN2O3. The van der Waals surface area contributed by atoms with Crippen LogP contribution in [0.2, 0.25) is 5.02 Å². The molecule has 1 rings (SSSR count). The first-order valence-electron chi connectivity index (χ1n) is 7.27. The lowest BCUT2D eigenvalue weighted by Gasteiger charge is -2.17. The molecule has 0 unspecified atom stereocenters. The molecule has 2 amide bonds. The zero-order chi connectivity index (χ0) is 16.4. The van der Waals surface area contributed by atoms with Crippen molar-refractivity contribution in [2.75, 3.05) is 33.9 Å². The summed E-state index contributed by atoms with van der Waals surface area (Å²) in [6, 6.07) is 7.45. The van der Waals surface area contributed by atoms with E-state index in [2.05, 4.69) is 5.32 Å². The first kappa shape index (κ1) is 18.5. The van der Waals surface area contributed by atoms with Crippen LogP contribution < -0.4 is 5.32 Å². The molecule has 0 aliphatic rings. The van der Waals surface area contributed by atoms with E-state index in [9.17, 15) is 9.59 Å². The molecule has 0 spiro atoms. The van der Waals surface area contributed by atoms with Gasteiger partial charge in [0.2, 0.25) is 11.8 Å². The number of likely N-dealkylation sites (N-methyl/N-ethyl adjacent to an activating group) is 1. The zero-order valence-corrected chi connectivity index (χ0v) is 13.9. The van der Waals surface area contributed by atoms with Crippen LogP contribution in [0.1, 0.15) is 18.4 Å². The molecule has 0 heterocycles. The number of amides is 2. The number of hydrogen-bond acceptors (Lipinski definition) is 3. The predicted molar refractivity (Wildman–Crippen MR) is 86.9 cm³/mol. The number of aryl methyl sites for hydroxylation is 1. The summed E-state index contributed by atoms with van der Waals surface area (Å²) in [7, 11) is 3.25. The number of benzene rings is 1. The van der Waals surface area contributed by atoms with E-state index in [1.807, 2.05) is 18.2 Å². The van der Waals surface area contributed by atoms with Gasteiger partial charge in [0.05, 0.1) is 6.54 Å². The van der Waals surface area contributed by atoms with Crippen LogP contribution in [0.5, 0.6) is 0 Å². The average Bonchev–Trinajstić information content (AvgIpc) is 2.50. The molecule has 0 aromatic heterocycles. The third-order valence-corrected chi connectivity index (χ3v) is 3.59. The van der Waals surface area contributed by atoms with E-state index in [1.54, 1.807) is 20.2 Å². The number of carbonyl (C=O) groups is 2. The van der Waals surface area contributed by atoms with E-state index in [0.717, 1.165) is 12.0 Å². The van der Waals surface area contributed by atoms with Gasteiger partial charge in [0.25, 0.3) is 0 Å². The molecule has 0 saturated carbocycles. The molecule has 5 nitrogen and oxygen atoms in total. The minimum Gasteiger partial charge on any atom is -0.385 e. The first-order valence-corrected chi connectivity index (χ1v) is 7.65. The number of rotatable bonds is 9. The highest BCUT2D eigenvalue weighted by molar-refractivity contribution is 6.31.